The van der Waals surface area contributed by atoms with Crippen molar-refractivity contribution >= 4 is 28.8 Å². The van der Waals surface area contributed by atoms with Gasteiger partial charge in [0, 0.05) is 13.1 Å². The van der Waals surface area contributed by atoms with E-state index < -0.39 is 29.6 Å². The third-order valence-electron chi connectivity index (χ3n) is 6.05. The highest BCUT2D eigenvalue weighted by Gasteiger charge is 2.56. The van der Waals surface area contributed by atoms with E-state index >= 15 is 0 Å². The normalized spacial score (nSPS) is 30.2. The zero-order valence-electron chi connectivity index (χ0n) is 15.7. The van der Waals surface area contributed by atoms with E-state index in [0.717, 1.165) is 12.8 Å². The molecule has 0 bridgehead atoms. The van der Waals surface area contributed by atoms with E-state index in [1.165, 1.54) is 25.9 Å². The number of imidazole rings is 1. The van der Waals surface area contributed by atoms with Crippen molar-refractivity contribution in [2.45, 2.75) is 50.0 Å². The average molecular weight is 387 g/mol. The fourth-order valence-electron chi connectivity index (χ4n) is 4.14. The second kappa shape index (κ2) is 6.71. The Bertz CT molecular complexity index is 925. The number of carbonyl (C=O) groups excluding carboxylic acids is 1. The van der Waals surface area contributed by atoms with Crippen LogP contribution in [0.15, 0.2) is 19.0 Å². The van der Waals surface area contributed by atoms with Gasteiger partial charge in [-0.1, -0.05) is 6.08 Å². The maximum absolute atomic E-state index is 12.4. The van der Waals surface area contributed by atoms with Crippen LogP contribution in [0.5, 0.6) is 0 Å². The highest BCUT2D eigenvalue weighted by Crippen LogP contribution is 2.46. The summed E-state index contributed by atoms with van der Waals surface area (Å²) in [6, 6.07) is -0.288. The van der Waals surface area contributed by atoms with Gasteiger partial charge in [-0.3, -0.25) is 4.79 Å². The van der Waals surface area contributed by atoms with Crippen molar-refractivity contribution in [2.24, 2.45) is 5.41 Å². The van der Waals surface area contributed by atoms with E-state index in [1.54, 1.807) is 4.57 Å². The largest absolute Gasteiger partial charge is 0.389 e. The van der Waals surface area contributed by atoms with Crippen LogP contribution in [0.25, 0.3) is 11.2 Å². The molecule has 0 radical (unpaired) electrons. The molecule has 6 N–H and O–H groups in total. The first-order valence-corrected chi connectivity index (χ1v) is 9.39. The molecule has 0 spiro atoms. The van der Waals surface area contributed by atoms with Gasteiger partial charge in [-0.2, -0.15) is 9.97 Å². The van der Waals surface area contributed by atoms with Gasteiger partial charge in [0.05, 0.1) is 23.9 Å². The van der Waals surface area contributed by atoms with E-state index in [-0.39, 0.29) is 12.4 Å². The predicted molar refractivity (Wildman–Crippen MR) is 103 cm³/mol. The van der Waals surface area contributed by atoms with E-state index in [2.05, 4.69) is 32.2 Å². The number of anilines is 2. The Hall–Kier alpha value is -2.72. The Morgan fingerprint density at radius 1 is 1.43 bits per heavy atom. The molecule has 0 saturated heterocycles. The molecule has 2 heterocycles. The van der Waals surface area contributed by atoms with Crippen LogP contribution in [0.3, 0.4) is 0 Å². The van der Waals surface area contributed by atoms with Gasteiger partial charge < -0.3 is 31.1 Å². The van der Waals surface area contributed by atoms with Gasteiger partial charge in [0.25, 0.3) is 0 Å². The Labute approximate surface area is 161 Å². The number of aromatic nitrogens is 4. The number of aliphatic hydroxyl groups excluding tert-OH is 2. The second-order valence-corrected chi connectivity index (χ2v) is 7.56. The number of nitrogens with two attached hydrogens (primary N) is 1. The van der Waals surface area contributed by atoms with Crippen molar-refractivity contribution in [1.82, 2.24) is 24.8 Å². The minimum Gasteiger partial charge on any atom is -0.389 e. The number of hydrogen-bond acceptors (Lipinski definition) is 8. The Morgan fingerprint density at radius 3 is 2.79 bits per heavy atom. The molecular formula is C18H25N7O3. The van der Waals surface area contributed by atoms with E-state index in [1.807, 2.05) is 0 Å². The summed E-state index contributed by atoms with van der Waals surface area (Å²) in [5, 5.41) is 27.2. The van der Waals surface area contributed by atoms with Crippen LogP contribution in [0.4, 0.5) is 11.8 Å². The molecule has 2 aliphatic rings. The van der Waals surface area contributed by atoms with Crippen LogP contribution in [0.1, 0.15) is 31.7 Å². The van der Waals surface area contributed by atoms with E-state index in [4.69, 9.17) is 5.73 Å². The van der Waals surface area contributed by atoms with Gasteiger partial charge in [-0.15, -0.1) is 6.58 Å². The molecule has 2 saturated carbocycles. The van der Waals surface area contributed by atoms with Crippen LogP contribution >= 0.6 is 0 Å². The van der Waals surface area contributed by atoms with Gasteiger partial charge in [0.15, 0.2) is 17.0 Å². The van der Waals surface area contributed by atoms with Crippen molar-refractivity contribution in [2.75, 3.05) is 18.1 Å². The number of nitrogens with one attached hydrogen (secondary N) is 2. The Morgan fingerprint density at radius 2 is 2.18 bits per heavy atom. The quantitative estimate of drug-likeness (QED) is 0.448. The summed E-state index contributed by atoms with van der Waals surface area (Å²) >= 11 is 0. The summed E-state index contributed by atoms with van der Waals surface area (Å²) in [4.78, 5) is 25.4. The summed E-state index contributed by atoms with van der Waals surface area (Å²) in [5.74, 6) is 0.244. The molecule has 10 nitrogen and oxygen atoms in total. The van der Waals surface area contributed by atoms with E-state index in [0.29, 0.717) is 23.0 Å². The molecule has 0 aromatic carbocycles. The maximum atomic E-state index is 12.4. The minimum atomic E-state index is -1.31. The summed E-state index contributed by atoms with van der Waals surface area (Å²) < 4.78 is 1.65. The van der Waals surface area contributed by atoms with Crippen molar-refractivity contribution in [1.29, 1.82) is 0 Å². The number of rotatable bonds is 5. The molecule has 2 fully saturated rings. The fourth-order valence-corrected chi connectivity index (χ4v) is 4.14. The summed E-state index contributed by atoms with van der Waals surface area (Å²) in [6.45, 7) is 3.71. The first kappa shape index (κ1) is 18.6. The SMILES string of the molecule is C=C[C@]1(C(=O)NC)C[C@@H](n2cnc3c(NC4CCC4)nc(N)nc32)C(O)C1O. The predicted octanol–water partition coefficient (Wildman–Crippen LogP) is -0.0421. The van der Waals surface area contributed by atoms with Crippen LogP contribution in [0.2, 0.25) is 0 Å². The smallest absolute Gasteiger partial charge is 0.232 e. The number of carbonyl (C=O) groups is 1. The van der Waals surface area contributed by atoms with Crippen LogP contribution in [-0.4, -0.2) is 60.9 Å². The number of amides is 1. The molecule has 2 aliphatic carbocycles. The topological polar surface area (TPSA) is 151 Å². The second-order valence-electron chi connectivity index (χ2n) is 7.56. The third kappa shape index (κ3) is 2.63. The molecule has 1 amide bonds. The maximum Gasteiger partial charge on any atom is 0.232 e. The van der Waals surface area contributed by atoms with E-state index in [9.17, 15) is 15.0 Å². The lowest BCUT2D eigenvalue weighted by Gasteiger charge is -2.27. The summed E-state index contributed by atoms with van der Waals surface area (Å²) in [5.41, 5.74) is 5.58. The number of aliphatic hydroxyl groups is 2. The molecule has 150 valence electrons. The highest BCUT2D eigenvalue weighted by molar-refractivity contribution is 5.86. The van der Waals surface area contributed by atoms with Crippen LogP contribution < -0.4 is 16.4 Å². The van der Waals surface area contributed by atoms with Crippen molar-refractivity contribution in [3.05, 3.63) is 19.0 Å². The monoisotopic (exact) mass is 387 g/mol. The number of hydrogen-bond donors (Lipinski definition) is 5. The van der Waals surface area contributed by atoms with Gasteiger partial charge in [-0.05, 0) is 25.7 Å². The van der Waals surface area contributed by atoms with Gasteiger partial charge >= 0.3 is 0 Å². The fraction of sp³-hybridized carbons (Fsp3) is 0.556. The molecule has 2 aromatic heterocycles. The van der Waals surface area contributed by atoms with Crippen molar-refractivity contribution < 1.29 is 15.0 Å². The molecule has 10 heteroatoms. The zero-order chi connectivity index (χ0) is 20.1. The van der Waals surface area contributed by atoms with Gasteiger partial charge in [0.2, 0.25) is 11.9 Å². The number of nitrogens with zero attached hydrogens (tertiary/aromatic N) is 4. The molecule has 0 aliphatic heterocycles. The molecular weight excluding hydrogens is 362 g/mol. The van der Waals surface area contributed by atoms with Crippen LogP contribution in [0, 0.1) is 5.41 Å². The Kier molecular flexibility index (Phi) is 4.47. The van der Waals surface area contributed by atoms with Gasteiger partial charge in [0.1, 0.15) is 6.10 Å². The molecule has 4 atom stereocenters. The lowest BCUT2D eigenvalue weighted by molar-refractivity contribution is -0.134. The van der Waals surface area contributed by atoms with Crippen molar-refractivity contribution in [3.63, 3.8) is 0 Å². The molecule has 28 heavy (non-hydrogen) atoms. The highest BCUT2D eigenvalue weighted by atomic mass is 16.3. The number of fused-ring (bicyclic) bond motifs is 1. The van der Waals surface area contributed by atoms with Crippen molar-refractivity contribution in [3.8, 4) is 0 Å². The lowest BCUT2D eigenvalue weighted by Crippen LogP contribution is -2.45. The molecule has 2 unspecified atom stereocenters. The summed E-state index contributed by atoms with van der Waals surface area (Å²) in [7, 11) is 1.49. The number of nitrogen functional groups attached to an aromatic ring is 1. The summed E-state index contributed by atoms with van der Waals surface area (Å²) in [6.07, 6.45) is 3.87. The first-order valence-electron chi connectivity index (χ1n) is 9.39. The molecule has 2 aromatic rings. The first-order chi connectivity index (χ1) is 13.4. The third-order valence-corrected chi connectivity index (χ3v) is 6.05. The average Bonchev–Trinajstić information content (AvgIpc) is 3.18. The zero-order valence-corrected chi connectivity index (χ0v) is 15.7. The molecule has 4 rings (SSSR count). The standard InChI is InChI=1S/C18H25N7O3/c1-3-18(16(28)20-2)7-10(12(26)13(18)27)25-8-21-11-14(22-9-5-4-6-9)23-17(19)24-15(11)25/h3,8-10,12-13,26-27H,1,4-7H2,2H3,(H,20,28)(H3,19,22,23,24)/t10-,12?,13?,18+/m1/s1. The van der Waals surface area contributed by atoms with Crippen LogP contribution in [-0.2, 0) is 4.79 Å². The minimum absolute atomic E-state index is 0.0883. The lowest BCUT2D eigenvalue weighted by atomic mass is 9.82. The Balaban J connectivity index is 1.75. The van der Waals surface area contributed by atoms with Gasteiger partial charge in [-0.25, -0.2) is 4.98 Å².